The van der Waals surface area contributed by atoms with Gasteiger partial charge in [-0.2, -0.15) is 0 Å². The van der Waals surface area contributed by atoms with Crippen LogP contribution in [0.5, 0.6) is 17.2 Å². The average molecular weight is 584 g/mol. The van der Waals surface area contributed by atoms with Crippen molar-refractivity contribution in [3.05, 3.63) is 82.1 Å². The maximum absolute atomic E-state index is 13.5. The van der Waals surface area contributed by atoms with E-state index in [1.807, 2.05) is 6.07 Å². The van der Waals surface area contributed by atoms with E-state index in [0.717, 1.165) is 5.56 Å². The number of sulfonamides is 1. The molecule has 0 spiro atoms. The molecule has 0 aliphatic carbocycles. The first kappa shape index (κ1) is 29.1. The Hall–Kier alpha value is -3.87. The van der Waals surface area contributed by atoms with Gasteiger partial charge >= 0.3 is 0 Å². The minimum Gasteiger partial charge on any atom is -0.493 e. The number of thioether (sulfide) groups is 1. The number of methoxy groups -OCH3 is 3. The van der Waals surface area contributed by atoms with E-state index in [4.69, 9.17) is 24.3 Å². The van der Waals surface area contributed by atoms with E-state index in [0.29, 0.717) is 44.6 Å². The molecule has 0 amide bonds. The quantitative estimate of drug-likeness (QED) is 0.196. The van der Waals surface area contributed by atoms with Gasteiger partial charge in [0.05, 0.1) is 43.7 Å². The zero-order valence-corrected chi connectivity index (χ0v) is 23.9. The fraction of sp³-hybridized carbons (Fsp3) is 0.250. The highest BCUT2D eigenvalue weighted by Gasteiger charge is 2.17. The molecule has 0 aliphatic heterocycles. The summed E-state index contributed by atoms with van der Waals surface area (Å²) in [5, 5.41) is 6.09. The molecule has 2 N–H and O–H groups in total. The molecule has 0 bridgehead atoms. The Balaban J connectivity index is 1.56. The minimum atomic E-state index is -3.79. The third-order valence-electron chi connectivity index (χ3n) is 6.16. The number of ether oxygens (including phenoxy) is 3. The summed E-state index contributed by atoms with van der Waals surface area (Å²) in [6.45, 7) is 0.195. The van der Waals surface area contributed by atoms with Gasteiger partial charge < -0.3 is 14.2 Å². The van der Waals surface area contributed by atoms with E-state index in [-0.39, 0.29) is 35.6 Å². The van der Waals surface area contributed by atoms with Gasteiger partial charge in [-0.05, 0) is 47.5 Å². The summed E-state index contributed by atoms with van der Waals surface area (Å²) in [7, 11) is 0.778. The molecule has 0 aliphatic rings. The molecule has 0 saturated carbocycles. The van der Waals surface area contributed by atoms with Crippen molar-refractivity contribution in [3.8, 4) is 17.2 Å². The number of Topliss-reactive ketones (excluding diaryl/α,β-unsaturated/α-hetero) is 1. The normalized spacial score (nSPS) is 11.4. The van der Waals surface area contributed by atoms with Crippen LogP contribution in [0.15, 0.2) is 75.5 Å². The zero-order chi connectivity index (χ0) is 28.9. The Morgan fingerprint density at radius 1 is 0.950 bits per heavy atom. The van der Waals surface area contributed by atoms with Gasteiger partial charge in [-0.1, -0.05) is 36.0 Å². The molecule has 12 heteroatoms. The number of para-hydroxylation sites is 1. The van der Waals surface area contributed by atoms with Crippen LogP contribution >= 0.6 is 11.8 Å². The van der Waals surface area contributed by atoms with Gasteiger partial charge in [0, 0.05) is 18.6 Å². The van der Waals surface area contributed by atoms with Crippen LogP contribution in [0.4, 0.5) is 0 Å². The van der Waals surface area contributed by atoms with Crippen molar-refractivity contribution in [1.29, 1.82) is 0 Å². The number of rotatable bonds is 12. The third kappa shape index (κ3) is 6.64. The molecule has 1 heterocycles. The number of primary sulfonamides is 1. The van der Waals surface area contributed by atoms with Gasteiger partial charge in [0.25, 0.3) is 5.56 Å². The number of nitrogens with zero attached hydrogens (tertiary/aromatic N) is 2. The Kier molecular flexibility index (Phi) is 9.13. The smallest absolute Gasteiger partial charge is 0.262 e. The number of hydrogen-bond acceptors (Lipinski definition) is 9. The van der Waals surface area contributed by atoms with Crippen molar-refractivity contribution in [2.75, 3.05) is 27.1 Å². The monoisotopic (exact) mass is 583 g/mol. The molecule has 0 unspecified atom stereocenters. The van der Waals surface area contributed by atoms with Gasteiger partial charge in [0.2, 0.25) is 15.8 Å². The molecule has 4 rings (SSSR count). The van der Waals surface area contributed by atoms with E-state index in [2.05, 4.69) is 0 Å². The largest absolute Gasteiger partial charge is 0.493 e. The summed E-state index contributed by atoms with van der Waals surface area (Å²) in [5.74, 6) is 1.75. The Morgan fingerprint density at radius 3 is 2.20 bits per heavy atom. The first-order chi connectivity index (χ1) is 19.1. The molecule has 4 aromatic rings. The Bertz CT molecular complexity index is 1680. The highest BCUT2D eigenvalue weighted by atomic mass is 32.2. The lowest BCUT2D eigenvalue weighted by Gasteiger charge is -2.16. The van der Waals surface area contributed by atoms with Crippen LogP contribution in [0, 0.1) is 0 Å². The first-order valence-corrected chi connectivity index (χ1v) is 14.7. The second kappa shape index (κ2) is 12.5. The predicted molar refractivity (Wildman–Crippen MR) is 153 cm³/mol. The number of fused-ring (bicyclic) bond motifs is 1. The van der Waals surface area contributed by atoms with Crippen LogP contribution in [0.2, 0.25) is 0 Å². The summed E-state index contributed by atoms with van der Waals surface area (Å²) in [6, 6.07) is 16.6. The highest BCUT2D eigenvalue weighted by Crippen LogP contribution is 2.38. The topological polar surface area (TPSA) is 140 Å². The van der Waals surface area contributed by atoms with E-state index in [1.54, 1.807) is 47.0 Å². The zero-order valence-electron chi connectivity index (χ0n) is 22.2. The van der Waals surface area contributed by atoms with E-state index >= 15 is 0 Å². The molecule has 0 atom stereocenters. The number of nitrogens with two attached hydrogens (primary N) is 1. The van der Waals surface area contributed by atoms with Gasteiger partial charge in [0.15, 0.2) is 16.7 Å². The van der Waals surface area contributed by atoms with Gasteiger partial charge in [-0.3, -0.25) is 14.2 Å². The van der Waals surface area contributed by atoms with Crippen LogP contribution in [0.25, 0.3) is 10.9 Å². The number of ketones is 1. The number of benzene rings is 3. The lowest BCUT2D eigenvalue weighted by Crippen LogP contribution is -2.24. The van der Waals surface area contributed by atoms with E-state index in [9.17, 15) is 18.0 Å². The predicted octanol–water partition coefficient (Wildman–Crippen LogP) is 3.41. The molecule has 0 saturated heterocycles. The van der Waals surface area contributed by atoms with E-state index in [1.165, 1.54) is 45.2 Å². The van der Waals surface area contributed by atoms with Crippen molar-refractivity contribution < 1.29 is 27.4 Å². The molecular weight excluding hydrogens is 554 g/mol. The number of carbonyl (C=O) groups is 1. The lowest BCUT2D eigenvalue weighted by atomic mass is 10.1. The number of aromatic nitrogens is 2. The van der Waals surface area contributed by atoms with Gasteiger partial charge in [-0.15, -0.1) is 0 Å². The molecular formula is C28H29N3O7S2. The minimum absolute atomic E-state index is 0.00768. The molecule has 1 aromatic heterocycles. The van der Waals surface area contributed by atoms with Crippen LogP contribution < -0.4 is 24.9 Å². The first-order valence-electron chi connectivity index (χ1n) is 12.2. The molecule has 210 valence electrons. The third-order valence-corrected chi connectivity index (χ3v) is 8.06. The van der Waals surface area contributed by atoms with E-state index < -0.39 is 10.0 Å². The summed E-state index contributed by atoms with van der Waals surface area (Å²) >= 11 is 1.32. The Labute approximate surface area is 236 Å². The second-order valence-corrected chi connectivity index (χ2v) is 11.5. The van der Waals surface area contributed by atoms with Crippen LogP contribution in [0.3, 0.4) is 0 Å². The van der Waals surface area contributed by atoms with Crippen LogP contribution in [0.1, 0.15) is 17.5 Å². The summed E-state index contributed by atoms with van der Waals surface area (Å²) in [5.41, 5.74) is 1.79. The van der Waals surface area contributed by atoms with Crippen molar-refractivity contribution >= 4 is 38.5 Å². The van der Waals surface area contributed by atoms with Crippen molar-refractivity contribution in [1.82, 2.24) is 9.55 Å². The SMILES string of the molecule is COc1cc(Cn2c(SCCC(=O)Cc3ccc(S(N)(=O)=O)cc3)nc3ccccc3c2=O)cc(OC)c1OC. The second-order valence-electron chi connectivity index (χ2n) is 8.84. The summed E-state index contributed by atoms with van der Waals surface area (Å²) in [4.78, 5) is 30.9. The summed E-state index contributed by atoms with van der Waals surface area (Å²) < 4.78 is 40.8. The Morgan fingerprint density at radius 2 is 1.60 bits per heavy atom. The van der Waals surface area contributed by atoms with Crippen LogP contribution in [-0.4, -0.2) is 50.8 Å². The fourth-order valence-electron chi connectivity index (χ4n) is 4.18. The molecule has 3 aromatic carbocycles. The fourth-order valence-corrected chi connectivity index (χ4v) is 5.67. The highest BCUT2D eigenvalue weighted by molar-refractivity contribution is 7.99. The standard InChI is InChI=1S/C28H29N3O7S2/c1-36-24-15-19(16-25(37-2)26(24)38-3)17-31-27(33)22-6-4-5-7-23(22)30-28(31)39-13-12-20(32)14-18-8-10-21(11-9-18)40(29,34)35/h4-11,15-16H,12-14,17H2,1-3H3,(H2,29,34,35). The van der Waals surface area contributed by atoms with Gasteiger partial charge in [-0.25, -0.2) is 18.5 Å². The van der Waals surface area contributed by atoms with Crippen molar-refractivity contribution in [3.63, 3.8) is 0 Å². The molecule has 0 fully saturated rings. The summed E-state index contributed by atoms with van der Waals surface area (Å²) in [6.07, 6.45) is 0.378. The van der Waals surface area contributed by atoms with Crippen LogP contribution in [-0.2, 0) is 27.8 Å². The lowest BCUT2D eigenvalue weighted by molar-refractivity contribution is -0.118. The maximum atomic E-state index is 13.5. The maximum Gasteiger partial charge on any atom is 0.262 e. The number of hydrogen-bond donors (Lipinski definition) is 1. The molecule has 0 radical (unpaired) electrons. The average Bonchev–Trinajstić information content (AvgIpc) is 2.94. The van der Waals surface area contributed by atoms with Gasteiger partial charge in [0.1, 0.15) is 5.78 Å². The van der Waals surface area contributed by atoms with Crippen molar-refractivity contribution in [2.24, 2.45) is 5.14 Å². The number of carbonyl (C=O) groups excluding carboxylic acids is 1. The van der Waals surface area contributed by atoms with Crippen molar-refractivity contribution in [2.45, 2.75) is 29.4 Å². The molecule has 40 heavy (non-hydrogen) atoms. The molecule has 10 nitrogen and oxygen atoms in total.